The highest BCUT2D eigenvalue weighted by Gasteiger charge is 2.16. The summed E-state index contributed by atoms with van der Waals surface area (Å²) in [4.78, 5) is 12.6. The number of ether oxygens (including phenoxy) is 1. The van der Waals surface area contributed by atoms with E-state index < -0.39 is 5.97 Å². The number of aliphatic hydroxyl groups is 1. The predicted molar refractivity (Wildman–Crippen MR) is 85.1 cm³/mol. The zero-order valence-corrected chi connectivity index (χ0v) is 12.5. The Bertz CT molecular complexity index is 635. The second kappa shape index (κ2) is 7.55. The standard InChI is InChI=1S/C17H16O3S/c1-20-17(19)15(11-18)14-9-5-6-10-16(14)21-12-13-7-3-2-4-8-13/h2-11,18H,12H2,1H3. The second-order valence-electron chi connectivity index (χ2n) is 4.30. The number of carbonyl (C=O) groups excluding carboxylic acids is 1. The molecule has 0 aliphatic heterocycles. The van der Waals surface area contributed by atoms with Gasteiger partial charge in [0.25, 0.3) is 0 Å². The Balaban J connectivity index is 2.23. The van der Waals surface area contributed by atoms with E-state index >= 15 is 0 Å². The molecule has 1 N–H and O–H groups in total. The van der Waals surface area contributed by atoms with Crippen LogP contribution in [-0.2, 0) is 15.3 Å². The Morgan fingerprint density at radius 2 is 1.81 bits per heavy atom. The first-order valence-electron chi connectivity index (χ1n) is 6.45. The molecule has 0 spiro atoms. The molecular formula is C17H16O3S. The predicted octanol–water partition coefficient (Wildman–Crippen LogP) is 4.05. The largest absolute Gasteiger partial charge is 0.515 e. The fourth-order valence-corrected chi connectivity index (χ4v) is 2.92. The Labute approximate surface area is 128 Å². The fraction of sp³-hybridized carbons (Fsp3) is 0.118. The van der Waals surface area contributed by atoms with E-state index in [4.69, 9.17) is 4.74 Å². The minimum absolute atomic E-state index is 0.161. The van der Waals surface area contributed by atoms with Gasteiger partial charge in [0.1, 0.15) is 5.57 Å². The summed E-state index contributed by atoms with van der Waals surface area (Å²) in [6, 6.07) is 17.5. The molecule has 0 unspecified atom stereocenters. The van der Waals surface area contributed by atoms with Crippen molar-refractivity contribution in [2.75, 3.05) is 7.11 Å². The van der Waals surface area contributed by atoms with Crippen LogP contribution in [0.25, 0.3) is 5.57 Å². The number of esters is 1. The van der Waals surface area contributed by atoms with Crippen LogP contribution in [0.2, 0.25) is 0 Å². The van der Waals surface area contributed by atoms with E-state index in [1.807, 2.05) is 36.4 Å². The summed E-state index contributed by atoms with van der Waals surface area (Å²) in [5, 5.41) is 9.32. The third kappa shape index (κ3) is 3.89. The van der Waals surface area contributed by atoms with Crippen molar-refractivity contribution in [2.24, 2.45) is 0 Å². The molecule has 0 radical (unpaired) electrons. The molecular weight excluding hydrogens is 284 g/mol. The van der Waals surface area contributed by atoms with Crippen molar-refractivity contribution >= 4 is 23.3 Å². The molecule has 4 heteroatoms. The second-order valence-corrected chi connectivity index (χ2v) is 5.32. The molecule has 0 aromatic heterocycles. The maximum atomic E-state index is 11.7. The summed E-state index contributed by atoms with van der Waals surface area (Å²) in [7, 11) is 1.30. The van der Waals surface area contributed by atoms with Crippen molar-refractivity contribution in [3.63, 3.8) is 0 Å². The lowest BCUT2D eigenvalue weighted by molar-refractivity contribution is -0.133. The normalized spacial score (nSPS) is 11.2. The molecule has 0 amide bonds. The van der Waals surface area contributed by atoms with Crippen LogP contribution in [0.5, 0.6) is 0 Å². The number of aliphatic hydroxyl groups excluding tert-OH is 1. The lowest BCUT2D eigenvalue weighted by atomic mass is 10.1. The van der Waals surface area contributed by atoms with Gasteiger partial charge in [0, 0.05) is 16.2 Å². The SMILES string of the molecule is COC(=O)C(=CO)c1ccccc1SCc1ccccc1. The van der Waals surface area contributed by atoms with E-state index in [1.165, 1.54) is 12.7 Å². The van der Waals surface area contributed by atoms with Crippen molar-refractivity contribution in [1.82, 2.24) is 0 Å². The van der Waals surface area contributed by atoms with Gasteiger partial charge in [-0.3, -0.25) is 0 Å². The van der Waals surface area contributed by atoms with Gasteiger partial charge in [-0.25, -0.2) is 4.79 Å². The number of rotatable bonds is 5. The number of hydrogen-bond acceptors (Lipinski definition) is 4. The van der Waals surface area contributed by atoms with E-state index in [0.717, 1.165) is 16.9 Å². The minimum atomic E-state index is -0.551. The summed E-state index contributed by atoms with van der Waals surface area (Å²) in [6.45, 7) is 0. The van der Waals surface area contributed by atoms with Gasteiger partial charge in [0.05, 0.1) is 13.4 Å². The van der Waals surface area contributed by atoms with E-state index in [-0.39, 0.29) is 5.57 Å². The zero-order chi connectivity index (χ0) is 15.1. The molecule has 2 rings (SSSR count). The lowest BCUT2D eigenvalue weighted by Crippen LogP contribution is -2.05. The van der Waals surface area contributed by atoms with Crippen LogP contribution < -0.4 is 0 Å². The molecule has 0 saturated carbocycles. The van der Waals surface area contributed by atoms with E-state index in [1.54, 1.807) is 17.8 Å². The van der Waals surface area contributed by atoms with E-state index in [9.17, 15) is 9.90 Å². The third-order valence-electron chi connectivity index (χ3n) is 2.95. The zero-order valence-electron chi connectivity index (χ0n) is 11.7. The quantitative estimate of drug-likeness (QED) is 0.391. The van der Waals surface area contributed by atoms with Gasteiger partial charge in [-0.2, -0.15) is 0 Å². The molecule has 2 aromatic rings. The van der Waals surface area contributed by atoms with Gasteiger partial charge >= 0.3 is 5.97 Å². The molecule has 0 bridgehead atoms. The van der Waals surface area contributed by atoms with Crippen molar-refractivity contribution in [1.29, 1.82) is 0 Å². The number of thioether (sulfide) groups is 1. The topological polar surface area (TPSA) is 46.5 Å². The maximum Gasteiger partial charge on any atom is 0.341 e. The monoisotopic (exact) mass is 300 g/mol. The highest BCUT2D eigenvalue weighted by molar-refractivity contribution is 7.98. The summed E-state index contributed by atoms with van der Waals surface area (Å²) >= 11 is 1.61. The molecule has 0 saturated heterocycles. The third-order valence-corrected chi connectivity index (χ3v) is 4.09. The summed E-state index contributed by atoms with van der Waals surface area (Å²) in [5.74, 6) is 0.239. The summed E-state index contributed by atoms with van der Waals surface area (Å²) < 4.78 is 4.70. The molecule has 108 valence electrons. The van der Waals surface area contributed by atoms with Crippen molar-refractivity contribution in [3.8, 4) is 0 Å². The van der Waals surface area contributed by atoms with Crippen molar-refractivity contribution in [2.45, 2.75) is 10.6 Å². The van der Waals surface area contributed by atoms with Crippen LogP contribution in [0.4, 0.5) is 0 Å². The smallest absolute Gasteiger partial charge is 0.341 e. The molecule has 0 aliphatic carbocycles. The van der Waals surface area contributed by atoms with Crippen LogP contribution in [0.15, 0.2) is 65.8 Å². The van der Waals surface area contributed by atoms with Gasteiger partial charge in [-0.1, -0.05) is 48.5 Å². The van der Waals surface area contributed by atoms with Gasteiger partial charge in [-0.05, 0) is 11.6 Å². The number of benzene rings is 2. The van der Waals surface area contributed by atoms with Crippen LogP contribution >= 0.6 is 11.8 Å². The Hall–Kier alpha value is -2.20. The van der Waals surface area contributed by atoms with Crippen LogP contribution in [-0.4, -0.2) is 18.2 Å². The molecule has 21 heavy (non-hydrogen) atoms. The van der Waals surface area contributed by atoms with Gasteiger partial charge in [0.2, 0.25) is 0 Å². The lowest BCUT2D eigenvalue weighted by Gasteiger charge is -2.10. The fourth-order valence-electron chi connectivity index (χ4n) is 1.89. The van der Waals surface area contributed by atoms with Gasteiger partial charge in [0.15, 0.2) is 0 Å². The molecule has 3 nitrogen and oxygen atoms in total. The molecule has 0 aliphatic rings. The Morgan fingerprint density at radius 3 is 2.48 bits per heavy atom. The van der Waals surface area contributed by atoms with Crippen molar-refractivity contribution < 1.29 is 14.6 Å². The first kappa shape index (κ1) is 15.2. The average Bonchev–Trinajstić information content (AvgIpc) is 2.55. The average molecular weight is 300 g/mol. The molecule has 0 atom stereocenters. The van der Waals surface area contributed by atoms with Crippen molar-refractivity contribution in [3.05, 3.63) is 72.0 Å². The number of hydrogen-bond donors (Lipinski definition) is 1. The first-order chi connectivity index (χ1) is 10.3. The highest BCUT2D eigenvalue weighted by atomic mass is 32.2. The summed E-state index contributed by atoms with van der Waals surface area (Å²) in [5.41, 5.74) is 2.03. The maximum absolute atomic E-state index is 11.7. The number of carbonyl (C=O) groups is 1. The van der Waals surface area contributed by atoms with E-state index in [0.29, 0.717) is 5.56 Å². The summed E-state index contributed by atoms with van der Waals surface area (Å²) in [6.07, 6.45) is 0.799. The number of methoxy groups -OCH3 is 1. The van der Waals surface area contributed by atoms with Gasteiger partial charge < -0.3 is 9.84 Å². The van der Waals surface area contributed by atoms with Crippen LogP contribution in [0.3, 0.4) is 0 Å². The minimum Gasteiger partial charge on any atom is -0.515 e. The molecule has 2 aromatic carbocycles. The van der Waals surface area contributed by atoms with Crippen LogP contribution in [0, 0.1) is 0 Å². The Morgan fingerprint density at radius 1 is 1.14 bits per heavy atom. The Kier molecular flexibility index (Phi) is 5.46. The molecule has 0 fully saturated rings. The van der Waals surface area contributed by atoms with E-state index in [2.05, 4.69) is 12.1 Å². The van der Waals surface area contributed by atoms with Gasteiger partial charge in [-0.15, -0.1) is 11.8 Å². The molecule has 0 heterocycles. The van der Waals surface area contributed by atoms with Crippen LogP contribution in [0.1, 0.15) is 11.1 Å². The first-order valence-corrected chi connectivity index (χ1v) is 7.43. The highest BCUT2D eigenvalue weighted by Crippen LogP contribution is 2.30.